The molecule has 2 nitrogen and oxygen atoms in total. The molecule has 1 aliphatic heterocycles. The molecule has 8 heavy (non-hydrogen) atoms. The summed E-state index contributed by atoms with van der Waals surface area (Å²) >= 11 is 0. The molecule has 0 N–H and O–H groups in total. The lowest BCUT2D eigenvalue weighted by Gasteiger charge is -2.18. The van der Waals surface area contributed by atoms with Gasteiger partial charge in [-0.05, 0) is 20.8 Å². The maximum Gasteiger partial charge on any atom is 0.0357 e. The molecule has 1 fully saturated rings. The van der Waals surface area contributed by atoms with Crippen LogP contribution in [-0.2, 0) is 0 Å². The molecule has 1 aliphatic rings. The van der Waals surface area contributed by atoms with Crippen LogP contribution in [0.5, 0.6) is 0 Å². The van der Waals surface area contributed by atoms with Crippen molar-refractivity contribution in [3.05, 3.63) is 0 Å². The smallest absolute Gasteiger partial charge is 0.0357 e. The molecule has 0 amide bonds. The number of rotatable bonds is 0. The molecule has 0 spiro atoms. The van der Waals surface area contributed by atoms with E-state index in [1.807, 2.05) is 0 Å². The van der Waals surface area contributed by atoms with E-state index in [1.165, 1.54) is 13.1 Å². The Labute approximate surface area is 52.3 Å². The van der Waals surface area contributed by atoms with Gasteiger partial charge < -0.3 is 0 Å². The second-order valence-corrected chi connectivity index (χ2v) is 4.60. The zero-order chi connectivity index (χ0) is 6.15. The molecule has 0 aromatic rings. The van der Waals surface area contributed by atoms with Crippen molar-refractivity contribution in [2.45, 2.75) is 0 Å². The van der Waals surface area contributed by atoms with E-state index in [0.29, 0.717) is 0 Å². The van der Waals surface area contributed by atoms with Crippen molar-refractivity contribution < 1.29 is 0 Å². The number of nitrogens with zero attached hydrogens (tertiary/aromatic N) is 2. The van der Waals surface area contributed by atoms with Gasteiger partial charge in [0.1, 0.15) is 0 Å². The van der Waals surface area contributed by atoms with Gasteiger partial charge in [0.25, 0.3) is 0 Å². The minimum atomic E-state index is 0.0792. The molecule has 1 saturated heterocycles. The average Bonchev–Trinajstić information content (AvgIpc) is 1.98. The van der Waals surface area contributed by atoms with Crippen LogP contribution in [0.4, 0.5) is 0 Å². The van der Waals surface area contributed by atoms with Gasteiger partial charge in [0.2, 0.25) is 0 Å². The minimum Gasteiger partial charge on any atom is -0.272 e. The van der Waals surface area contributed by atoms with Crippen molar-refractivity contribution in [3.63, 3.8) is 0 Å². The molecule has 0 bridgehead atoms. The van der Waals surface area contributed by atoms with Crippen molar-refractivity contribution >= 4 is 8.22 Å². The van der Waals surface area contributed by atoms with Crippen LogP contribution in [0.25, 0.3) is 0 Å². The normalized spacial score (nSPS) is 27.4. The van der Waals surface area contributed by atoms with Crippen LogP contribution in [0.2, 0.25) is 0 Å². The number of hydrogen-bond donors (Lipinski definition) is 0. The van der Waals surface area contributed by atoms with Gasteiger partial charge in [-0.3, -0.25) is 9.34 Å². The second-order valence-electron chi connectivity index (χ2n) is 2.25. The molecule has 3 heteroatoms. The Hall–Kier alpha value is 0.350. The van der Waals surface area contributed by atoms with Gasteiger partial charge in [-0.1, -0.05) is 0 Å². The lowest BCUT2D eigenvalue weighted by Crippen LogP contribution is -2.05. The molecule has 0 aliphatic carbocycles. The fourth-order valence-electron chi connectivity index (χ4n) is 0.840. The van der Waals surface area contributed by atoms with Crippen molar-refractivity contribution in [2.75, 3.05) is 33.8 Å². The Morgan fingerprint density at radius 1 is 1.12 bits per heavy atom. The Morgan fingerprint density at radius 2 is 1.50 bits per heavy atom. The summed E-state index contributed by atoms with van der Waals surface area (Å²) in [5, 5.41) is 0. The lowest BCUT2D eigenvalue weighted by molar-refractivity contribution is 0.553. The van der Waals surface area contributed by atoms with E-state index >= 15 is 0 Å². The van der Waals surface area contributed by atoms with E-state index < -0.39 is 0 Å². The van der Waals surface area contributed by atoms with Gasteiger partial charge in [0, 0.05) is 21.3 Å². The van der Waals surface area contributed by atoms with Crippen LogP contribution in [0, 0.1) is 0 Å². The standard InChI is InChI=1S/C5H13N2P/c1-6-4-5-7(2)8(6)3/h4-5H2,1-3H3. The third-order valence-corrected chi connectivity index (χ3v) is 4.11. The van der Waals surface area contributed by atoms with E-state index in [9.17, 15) is 0 Å². The molecule has 1 heterocycles. The minimum absolute atomic E-state index is 0.0792. The SMILES string of the molecule is CN1CCN(C)P1C. The summed E-state index contributed by atoms with van der Waals surface area (Å²) in [5.41, 5.74) is 0. The van der Waals surface area contributed by atoms with Crippen LogP contribution in [-0.4, -0.2) is 43.2 Å². The first-order valence-electron chi connectivity index (χ1n) is 2.87. The van der Waals surface area contributed by atoms with Crippen LogP contribution in [0.15, 0.2) is 0 Å². The molecule has 0 unspecified atom stereocenters. The van der Waals surface area contributed by atoms with E-state index in [4.69, 9.17) is 0 Å². The largest absolute Gasteiger partial charge is 0.272 e. The van der Waals surface area contributed by atoms with Crippen molar-refractivity contribution in [1.82, 2.24) is 9.34 Å². The molecular weight excluding hydrogens is 119 g/mol. The summed E-state index contributed by atoms with van der Waals surface area (Å²) in [6.07, 6.45) is 0. The molecule has 0 saturated carbocycles. The van der Waals surface area contributed by atoms with Gasteiger partial charge in [0.15, 0.2) is 0 Å². The maximum absolute atomic E-state index is 2.41. The fourth-order valence-corrected chi connectivity index (χ4v) is 2.12. The maximum atomic E-state index is 2.41. The number of likely N-dealkylation sites (N-methyl/N-ethyl adjacent to an activating group) is 2. The predicted molar refractivity (Wildman–Crippen MR) is 38.1 cm³/mol. The molecule has 48 valence electrons. The average molecular weight is 132 g/mol. The predicted octanol–water partition coefficient (Wildman–Crippen LogP) is 0.805. The van der Waals surface area contributed by atoms with Crippen molar-refractivity contribution in [1.29, 1.82) is 0 Å². The van der Waals surface area contributed by atoms with Crippen molar-refractivity contribution in [3.8, 4) is 0 Å². The Bertz CT molecular complexity index is 76.5. The topological polar surface area (TPSA) is 6.48 Å². The molecule has 1 rings (SSSR count). The van der Waals surface area contributed by atoms with Gasteiger partial charge in [-0.2, -0.15) is 0 Å². The quantitative estimate of drug-likeness (QED) is 0.450. The zero-order valence-corrected chi connectivity index (χ0v) is 6.65. The first-order valence-corrected chi connectivity index (χ1v) is 4.57. The van der Waals surface area contributed by atoms with E-state index in [0.717, 1.165) is 0 Å². The number of hydrogen-bond acceptors (Lipinski definition) is 2. The summed E-state index contributed by atoms with van der Waals surface area (Å²) in [5.74, 6) is 0. The molecule has 0 atom stereocenters. The monoisotopic (exact) mass is 132 g/mol. The first-order chi connectivity index (χ1) is 3.72. The lowest BCUT2D eigenvalue weighted by atomic mass is 10.6. The van der Waals surface area contributed by atoms with E-state index in [1.54, 1.807) is 0 Å². The van der Waals surface area contributed by atoms with Crippen LogP contribution < -0.4 is 0 Å². The fraction of sp³-hybridized carbons (Fsp3) is 1.00. The van der Waals surface area contributed by atoms with Gasteiger partial charge in [-0.15, -0.1) is 0 Å². The van der Waals surface area contributed by atoms with Crippen molar-refractivity contribution in [2.24, 2.45) is 0 Å². The summed E-state index contributed by atoms with van der Waals surface area (Å²) in [7, 11) is 4.46. The molecular formula is C5H13N2P. The molecule has 0 aromatic carbocycles. The van der Waals surface area contributed by atoms with Crippen LogP contribution in [0.3, 0.4) is 0 Å². The van der Waals surface area contributed by atoms with Crippen LogP contribution >= 0.6 is 8.22 Å². The second kappa shape index (κ2) is 2.30. The summed E-state index contributed by atoms with van der Waals surface area (Å²) in [4.78, 5) is 0. The van der Waals surface area contributed by atoms with E-state index in [-0.39, 0.29) is 8.22 Å². The zero-order valence-electron chi connectivity index (χ0n) is 5.76. The molecule has 0 radical (unpaired) electrons. The highest BCUT2D eigenvalue weighted by Gasteiger charge is 2.20. The van der Waals surface area contributed by atoms with Gasteiger partial charge in [-0.25, -0.2) is 0 Å². The highest BCUT2D eigenvalue weighted by atomic mass is 31.1. The summed E-state index contributed by atoms with van der Waals surface area (Å²) in [6, 6.07) is 0. The highest BCUT2D eigenvalue weighted by Crippen LogP contribution is 2.41. The Kier molecular flexibility index (Phi) is 1.86. The van der Waals surface area contributed by atoms with E-state index in [2.05, 4.69) is 30.1 Å². The highest BCUT2D eigenvalue weighted by molar-refractivity contribution is 7.52. The van der Waals surface area contributed by atoms with Gasteiger partial charge >= 0.3 is 0 Å². The molecule has 0 aromatic heterocycles. The van der Waals surface area contributed by atoms with Crippen LogP contribution in [0.1, 0.15) is 0 Å². The Morgan fingerprint density at radius 3 is 1.62 bits per heavy atom. The van der Waals surface area contributed by atoms with Gasteiger partial charge in [0.05, 0.1) is 0 Å². The third kappa shape index (κ3) is 1.02. The summed E-state index contributed by atoms with van der Waals surface area (Å²) in [6.45, 7) is 4.79. The summed E-state index contributed by atoms with van der Waals surface area (Å²) < 4.78 is 4.82. The first kappa shape index (κ1) is 6.47. The third-order valence-electron chi connectivity index (χ3n) is 1.74. The Balaban J connectivity index is 2.44.